The van der Waals surface area contributed by atoms with Gasteiger partial charge in [0.2, 0.25) is 0 Å². The smallest absolute Gasteiger partial charge is 0.282 e. The van der Waals surface area contributed by atoms with Gasteiger partial charge in [0.1, 0.15) is 5.82 Å². The molecule has 1 heterocycles. The van der Waals surface area contributed by atoms with Crippen molar-refractivity contribution in [1.29, 1.82) is 0 Å². The number of aromatic hydroxyl groups is 1. The Morgan fingerprint density at radius 1 is 1.25 bits per heavy atom. The quantitative estimate of drug-likeness (QED) is 0.619. The van der Waals surface area contributed by atoms with Crippen LogP contribution in [0, 0.1) is 6.92 Å². The van der Waals surface area contributed by atoms with Crippen LogP contribution >= 0.6 is 39.1 Å². The average Bonchev–Trinajstić information content (AvgIpc) is 2.53. The van der Waals surface area contributed by atoms with Crippen molar-refractivity contribution in [3.05, 3.63) is 66.6 Å². The molecule has 5 nitrogen and oxygen atoms in total. The summed E-state index contributed by atoms with van der Waals surface area (Å²) in [4.78, 5) is 17.0. The minimum Gasteiger partial charge on any atom is -0.505 e. The van der Waals surface area contributed by atoms with Crippen molar-refractivity contribution in [3.8, 4) is 5.75 Å². The first kappa shape index (κ1) is 17.0. The van der Waals surface area contributed by atoms with Gasteiger partial charge in [0.15, 0.2) is 5.75 Å². The Hall–Kier alpha value is -1.89. The van der Waals surface area contributed by atoms with Crippen LogP contribution in [-0.2, 0) is 0 Å². The largest absolute Gasteiger partial charge is 0.505 e. The fraction of sp³-hybridized carbons (Fsp3) is 0.0625. The summed E-state index contributed by atoms with van der Waals surface area (Å²) < 4.78 is 1.98. The van der Waals surface area contributed by atoms with E-state index in [1.54, 1.807) is 19.1 Å². The van der Waals surface area contributed by atoms with Crippen LogP contribution in [0.3, 0.4) is 0 Å². The van der Waals surface area contributed by atoms with Crippen molar-refractivity contribution in [1.82, 2.24) is 9.66 Å². The predicted molar refractivity (Wildman–Crippen MR) is 99.6 cm³/mol. The number of fused-ring (bicyclic) bond motifs is 1. The Labute approximate surface area is 155 Å². The Balaban J connectivity index is 2.12. The molecule has 0 radical (unpaired) electrons. The standard InChI is InChI=1S/C16H10BrCl2N3O2/c1-8-21-14-3-2-10(17)6-11(14)16(24)22(8)20-7-9-4-12(18)15(23)13(19)5-9/h2-7,23H,1H3. The topological polar surface area (TPSA) is 67.5 Å². The normalized spacial score (nSPS) is 11.5. The molecule has 0 fully saturated rings. The minimum atomic E-state index is -0.286. The van der Waals surface area contributed by atoms with E-state index in [9.17, 15) is 9.90 Å². The zero-order valence-corrected chi connectivity index (χ0v) is 15.4. The van der Waals surface area contributed by atoms with E-state index in [-0.39, 0.29) is 21.4 Å². The van der Waals surface area contributed by atoms with E-state index in [0.717, 1.165) is 4.47 Å². The van der Waals surface area contributed by atoms with Gasteiger partial charge in [-0.15, -0.1) is 0 Å². The molecular formula is C16H10BrCl2N3O2. The number of halogens is 3. The fourth-order valence-corrected chi connectivity index (χ4v) is 3.04. The summed E-state index contributed by atoms with van der Waals surface area (Å²) in [5.41, 5.74) is 0.859. The van der Waals surface area contributed by atoms with Crippen LogP contribution in [0.25, 0.3) is 10.9 Å². The monoisotopic (exact) mass is 425 g/mol. The summed E-state index contributed by atoms with van der Waals surface area (Å²) >= 11 is 15.1. The van der Waals surface area contributed by atoms with E-state index >= 15 is 0 Å². The Morgan fingerprint density at radius 2 is 1.92 bits per heavy atom. The molecule has 3 rings (SSSR count). The van der Waals surface area contributed by atoms with E-state index in [4.69, 9.17) is 23.2 Å². The molecule has 2 aromatic carbocycles. The highest BCUT2D eigenvalue weighted by Gasteiger charge is 2.09. The van der Waals surface area contributed by atoms with Crippen molar-refractivity contribution >= 4 is 56.2 Å². The molecule has 0 aliphatic heterocycles. The summed E-state index contributed by atoms with van der Waals surface area (Å²) in [7, 11) is 0. The fourth-order valence-electron chi connectivity index (χ4n) is 2.18. The van der Waals surface area contributed by atoms with Gasteiger partial charge in [0.25, 0.3) is 5.56 Å². The highest BCUT2D eigenvalue weighted by molar-refractivity contribution is 9.10. The van der Waals surface area contributed by atoms with Crippen LogP contribution in [0.15, 0.2) is 44.7 Å². The zero-order valence-electron chi connectivity index (χ0n) is 12.3. The second-order valence-electron chi connectivity index (χ2n) is 5.02. The first-order valence-electron chi connectivity index (χ1n) is 6.78. The lowest BCUT2D eigenvalue weighted by atomic mass is 10.2. The predicted octanol–water partition coefficient (Wildman–Crippen LogP) is 4.36. The van der Waals surface area contributed by atoms with Crippen LogP contribution in [0.4, 0.5) is 0 Å². The maximum Gasteiger partial charge on any atom is 0.282 e. The molecule has 0 amide bonds. The molecule has 0 aliphatic carbocycles. The lowest BCUT2D eigenvalue weighted by molar-refractivity contribution is 0.476. The van der Waals surface area contributed by atoms with Gasteiger partial charge in [-0.05, 0) is 42.8 Å². The highest BCUT2D eigenvalue weighted by atomic mass is 79.9. The molecule has 0 unspecified atom stereocenters. The number of nitrogens with zero attached hydrogens (tertiary/aromatic N) is 3. The molecule has 1 N–H and O–H groups in total. The number of rotatable bonds is 2. The number of aromatic nitrogens is 2. The van der Waals surface area contributed by atoms with Crippen LogP contribution in [0.5, 0.6) is 5.75 Å². The number of hydrogen-bond acceptors (Lipinski definition) is 4. The van der Waals surface area contributed by atoms with Gasteiger partial charge in [0.05, 0.1) is 27.2 Å². The molecule has 0 spiro atoms. The van der Waals surface area contributed by atoms with Crippen molar-refractivity contribution in [2.45, 2.75) is 6.92 Å². The Kier molecular flexibility index (Phi) is 4.62. The van der Waals surface area contributed by atoms with Crippen molar-refractivity contribution < 1.29 is 5.11 Å². The van der Waals surface area contributed by atoms with Crippen molar-refractivity contribution in [3.63, 3.8) is 0 Å². The molecule has 8 heteroatoms. The third kappa shape index (κ3) is 3.17. The maximum absolute atomic E-state index is 12.6. The van der Waals surface area contributed by atoms with Crippen LogP contribution in [0.2, 0.25) is 10.0 Å². The number of phenolic OH excluding ortho intramolecular Hbond substituents is 1. The SMILES string of the molecule is Cc1nc2ccc(Br)cc2c(=O)n1N=Cc1cc(Cl)c(O)c(Cl)c1. The van der Waals surface area contributed by atoms with Crippen LogP contribution in [0.1, 0.15) is 11.4 Å². The zero-order chi connectivity index (χ0) is 17.4. The summed E-state index contributed by atoms with van der Waals surface area (Å²) in [5, 5.41) is 14.4. The summed E-state index contributed by atoms with van der Waals surface area (Å²) in [5.74, 6) is 0.253. The molecule has 0 saturated carbocycles. The van der Waals surface area contributed by atoms with Crippen molar-refractivity contribution in [2.24, 2.45) is 5.10 Å². The van der Waals surface area contributed by atoms with Gasteiger partial charge in [-0.1, -0.05) is 39.1 Å². The van der Waals surface area contributed by atoms with E-state index in [2.05, 4.69) is 26.0 Å². The molecule has 24 heavy (non-hydrogen) atoms. The number of aryl methyl sites for hydroxylation is 1. The second kappa shape index (κ2) is 6.55. The molecule has 0 bridgehead atoms. The molecule has 1 aromatic heterocycles. The van der Waals surface area contributed by atoms with E-state index in [0.29, 0.717) is 22.3 Å². The Bertz CT molecular complexity index is 1020. The number of hydrogen-bond donors (Lipinski definition) is 1. The first-order chi connectivity index (χ1) is 11.4. The first-order valence-corrected chi connectivity index (χ1v) is 8.33. The summed E-state index contributed by atoms with van der Waals surface area (Å²) in [6, 6.07) is 8.28. The molecule has 0 saturated heterocycles. The van der Waals surface area contributed by atoms with E-state index < -0.39 is 0 Å². The van der Waals surface area contributed by atoms with Crippen molar-refractivity contribution in [2.75, 3.05) is 0 Å². The van der Waals surface area contributed by atoms with E-state index in [1.165, 1.54) is 23.0 Å². The third-order valence-electron chi connectivity index (χ3n) is 3.33. The molecule has 0 atom stereocenters. The van der Waals surface area contributed by atoms with E-state index in [1.807, 2.05) is 6.07 Å². The van der Waals surface area contributed by atoms with Gasteiger partial charge in [-0.2, -0.15) is 9.78 Å². The molecule has 122 valence electrons. The second-order valence-corrected chi connectivity index (χ2v) is 6.75. The van der Waals surface area contributed by atoms with Crippen LogP contribution in [-0.4, -0.2) is 21.0 Å². The highest BCUT2D eigenvalue weighted by Crippen LogP contribution is 2.32. The lowest BCUT2D eigenvalue weighted by Gasteiger charge is -2.06. The number of benzene rings is 2. The van der Waals surface area contributed by atoms with Gasteiger partial charge >= 0.3 is 0 Å². The third-order valence-corrected chi connectivity index (χ3v) is 4.40. The summed E-state index contributed by atoms with van der Waals surface area (Å²) in [6.45, 7) is 1.69. The summed E-state index contributed by atoms with van der Waals surface area (Å²) in [6.07, 6.45) is 1.43. The van der Waals surface area contributed by atoms with Gasteiger partial charge in [-0.3, -0.25) is 4.79 Å². The average molecular weight is 427 g/mol. The molecule has 0 aliphatic rings. The minimum absolute atomic E-state index is 0.105. The number of phenols is 1. The Morgan fingerprint density at radius 3 is 2.58 bits per heavy atom. The molecule has 3 aromatic rings. The molecular weight excluding hydrogens is 417 g/mol. The lowest BCUT2D eigenvalue weighted by Crippen LogP contribution is -2.20. The van der Waals surface area contributed by atoms with Gasteiger partial charge in [-0.25, -0.2) is 4.98 Å². The maximum atomic E-state index is 12.6. The van der Waals surface area contributed by atoms with Crippen LogP contribution < -0.4 is 5.56 Å². The van der Waals surface area contributed by atoms with Gasteiger partial charge in [0, 0.05) is 4.47 Å². The van der Waals surface area contributed by atoms with Gasteiger partial charge < -0.3 is 5.11 Å².